The average molecular weight is 826 g/mol. The van der Waals surface area contributed by atoms with Crippen molar-refractivity contribution in [2.45, 2.75) is 116 Å². The molecule has 0 spiro atoms. The Labute approximate surface area is 373 Å². The molecule has 1 saturated carbocycles. The number of aryl methyl sites for hydroxylation is 3. The summed E-state index contributed by atoms with van der Waals surface area (Å²) in [5.41, 5.74) is 21.8. The highest BCUT2D eigenvalue weighted by molar-refractivity contribution is 6.09. The maximum Gasteiger partial charge on any atom is 0.227 e. The minimum absolute atomic E-state index is 0.0906. The van der Waals surface area contributed by atoms with Crippen molar-refractivity contribution in [1.29, 1.82) is 0 Å². The van der Waals surface area contributed by atoms with Crippen molar-refractivity contribution in [2.75, 3.05) is 0 Å². The fraction of sp³-hybridized carbons (Fsp3) is 0.305. The molecule has 6 heterocycles. The van der Waals surface area contributed by atoms with Crippen molar-refractivity contribution >= 4 is 27.8 Å². The van der Waals surface area contributed by atoms with E-state index in [9.17, 15) is 0 Å². The molecule has 4 heteroatoms. The second kappa shape index (κ2) is 15.6. The molecule has 0 N–H and O–H groups in total. The summed E-state index contributed by atoms with van der Waals surface area (Å²) in [6.07, 6.45) is 13.2. The fourth-order valence-electron chi connectivity index (χ4n) is 11.9. The molecule has 11 rings (SSSR count). The van der Waals surface area contributed by atoms with Crippen molar-refractivity contribution in [2.24, 2.45) is 0 Å². The molecule has 2 atom stereocenters. The van der Waals surface area contributed by atoms with Gasteiger partial charge in [0.15, 0.2) is 29.7 Å². The lowest BCUT2D eigenvalue weighted by Gasteiger charge is -2.30. The van der Waals surface area contributed by atoms with E-state index in [1.54, 1.807) is 0 Å². The van der Waals surface area contributed by atoms with Gasteiger partial charge in [-0.1, -0.05) is 120 Å². The van der Waals surface area contributed by atoms with Crippen LogP contribution in [-0.2, 0) is 6.42 Å². The molecule has 1 fully saturated rings. The molecule has 0 radical (unpaired) electrons. The Morgan fingerprint density at radius 3 is 2.25 bits per heavy atom. The van der Waals surface area contributed by atoms with E-state index in [1.165, 1.54) is 105 Å². The first-order valence-corrected chi connectivity index (χ1v) is 23.6. The first kappa shape index (κ1) is 39.7. The van der Waals surface area contributed by atoms with E-state index >= 15 is 0 Å². The Morgan fingerprint density at radius 2 is 1.46 bits per heavy atom. The largest absolute Gasteiger partial charge is 0.437 e. The number of aromatic nitrogens is 3. The molecular formula is C59H59N3O+2. The van der Waals surface area contributed by atoms with Gasteiger partial charge < -0.3 is 4.42 Å². The summed E-state index contributed by atoms with van der Waals surface area (Å²) in [5.74, 6) is 1.26. The Morgan fingerprint density at radius 1 is 0.683 bits per heavy atom. The van der Waals surface area contributed by atoms with Crippen molar-refractivity contribution < 1.29 is 13.6 Å². The second-order valence-electron chi connectivity index (χ2n) is 19.5. The lowest BCUT2D eigenvalue weighted by molar-refractivity contribution is -0.720. The van der Waals surface area contributed by atoms with Crippen molar-refractivity contribution in [3.63, 3.8) is 0 Å². The third kappa shape index (κ3) is 6.51. The molecule has 4 aromatic heterocycles. The lowest BCUT2D eigenvalue weighted by atomic mass is 9.79. The van der Waals surface area contributed by atoms with Crippen LogP contribution in [0.4, 0.5) is 0 Å². The molecule has 0 bridgehead atoms. The van der Waals surface area contributed by atoms with E-state index in [4.69, 9.17) is 16.0 Å². The first-order valence-electron chi connectivity index (χ1n) is 23.6. The molecular weight excluding hydrogens is 767 g/mol. The average Bonchev–Trinajstić information content (AvgIpc) is 3.69. The highest BCUT2D eigenvalue weighted by Gasteiger charge is 2.47. The maximum atomic E-state index is 7.23. The van der Waals surface area contributed by atoms with Crippen LogP contribution in [-0.4, -0.2) is 4.98 Å². The monoisotopic (exact) mass is 825 g/mol. The summed E-state index contributed by atoms with van der Waals surface area (Å²) in [6, 6.07) is 41.0. The number of fused-ring (bicyclic) bond motifs is 13. The summed E-state index contributed by atoms with van der Waals surface area (Å²) in [6.45, 7) is 18.9. The number of benzene rings is 4. The number of allylic oxidation sites excluding steroid dienone is 1. The van der Waals surface area contributed by atoms with Crippen LogP contribution in [0.1, 0.15) is 135 Å². The van der Waals surface area contributed by atoms with Gasteiger partial charge in [0.2, 0.25) is 17.1 Å². The van der Waals surface area contributed by atoms with E-state index in [0.717, 1.165) is 46.3 Å². The van der Waals surface area contributed by atoms with E-state index < -0.39 is 0 Å². The predicted molar refractivity (Wildman–Crippen MR) is 259 cm³/mol. The molecule has 2 unspecified atom stereocenters. The Bertz CT molecular complexity index is 3110. The van der Waals surface area contributed by atoms with Gasteiger partial charge in [0.05, 0.1) is 16.8 Å². The fourth-order valence-corrected chi connectivity index (χ4v) is 11.9. The van der Waals surface area contributed by atoms with Crippen LogP contribution in [0, 0.1) is 13.8 Å². The first-order chi connectivity index (χ1) is 30.7. The molecule has 4 aromatic carbocycles. The van der Waals surface area contributed by atoms with Gasteiger partial charge in [-0.05, 0) is 121 Å². The second-order valence-corrected chi connectivity index (χ2v) is 19.5. The zero-order chi connectivity index (χ0) is 43.1. The lowest BCUT2D eigenvalue weighted by Crippen LogP contribution is -2.51. The van der Waals surface area contributed by atoms with Gasteiger partial charge in [-0.2, -0.15) is 9.13 Å². The number of hydrogen-bond acceptors (Lipinski definition) is 2. The molecule has 314 valence electrons. The number of furan rings is 1. The highest BCUT2D eigenvalue weighted by atomic mass is 16.3. The molecule has 3 aliphatic rings. The number of nitrogens with zero attached hydrogens (tertiary/aromatic N) is 3. The van der Waals surface area contributed by atoms with E-state index in [1.807, 2.05) is 0 Å². The Hall–Kier alpha value is -6.13. The third-order valence-corrected chi connectivity index (χ3v) is 14.9. The number of rotatable bonds is 5. The van der Waals surface area contributed by atoms with Crippen LogP contribution < -0.4 is 9.13 Å². The van der Waals surface area contributed by atoms with Gasteiger partial charge >= 0.3 is 0 Å². The van der Waals surface area contributed by atoms with Crippen molar-refractivity contribution in [3.8, 4) is 44.9 Å². The Balaban J connectivity index is 1.15. The molecule has 4 nitrogen and oxygen atoms in total. The summed E-state index contributed by atoms with van der Waals surface area (Å²) in [7, 11) is 0. The summed E-state index contributed by atoms with van der Waals surface area (Å²) < 4.78 is 12.3. The highest BCUT2D eigenvalue weighted by Crippen LogP contribution is 2.48. The zero-order valence-electron chi connectivity index (χ0n) is 37.8. The van der Waals surface area contributed by atoms with Gasteiger partial charge in [0, 0.05) is 46.0 Å². The SMILES string of the molecule is C=C1C2c3ccccc3-c3ccc(C)c[n+]3C2CCc2ccc3c(oc4nc(-c5c(C(C)C)ccc(-c6ccccc6)c5C(C)C)ccc43)c2-c2cc(C)c(C3CCCCC3)c[n+]21. The standard InChI is InChI=1S/C59H59N3O/c1-35(2)43-26-27-44(40-16-10-8-11-17-40)54(36(3)4)57(43)50-29-28-48-47-25-23-42-24-31-52-55(46-21-15-14-20-45(46)51-30-22-37(5)33-62(51)52)39(7)61-34-49(41-18-12-9-13-19-41)38(6)32-53(61)56(42)58(47)63-59(48)60-50/h8,10-11,14-17,20-23,25-30,32-36,41,52,55H,7,9,12-13,18-19,24,31H2,1-6H3/q+2. The minimum atomic E-state index is 0.0906. The topological polar surface area (TPSA) is 33.8 Å². The quantitative estimate of drug-likeness (QED) is 0.162. The van der Waals surface area contributed by atoms with Crippen LogP contribution in [0.2, 0.25) is 0 Å². The summed E-state index contributed by atoms with van der Waals surface area (Å²) >= 11 is 0. The minimum Gasteiger partial charge on any atom is -0.437 e. The van der Waals surface area contributed by atoms with Gasteiger partial charge in [0.1, 0.15) is 5.92 Å². The Kier molecular flexibility index (Phi) is 9.82. The van der Waals surface area contributed by atoms with E-state index in [2.05, 4.69) is 172 Å². The van der Waals surface area contributed by atoms with Crippen molar-refractivity contribution in [1.82, 2.24) is 4.98 Å². The number of pyridine rings is 3. The van der Waals surface area contributed by atoms with Gasteiger partial charge in [-0.15, -0.1) is 0 Å². The predicted octanol–water partition coefficient (Wildman–Crippen LogP) is 14.9. The maximum absolute atomic E-state index is 7.23. The zero-order valence-corrected chi connectivity index (χ0v) is 37.8. The van der Waals surface area contributed by atoms with Gasteiger partial charge in [-0.25, -0.2) is 4.98 Å². The van der Waals surface area contributed by atoms with Gasteiger partial charge in [-0.3, -0.25) is 0 Å². The van der Waals surface area contributed by atoms with E-state index in [0.29, 0.717) is 23.5 Å². The van der Waals surface area contributed by atoms with Crippen LogP contribution in [0.5, 0.6) is 0 Å². The van der Waals surface area contributed by atoms with Crippen LogP contribution in [0.3, 0.4) is 0 Å². The van der Waals surface area contributed by atoms with Crippen molar-refractivity contribution in [3.05, 3.63) is 167 Å². The molecule has 1 aliphatic carbocycles. The smallest absolute Gasteiger partial charge is 0.227 e. The van der Waals surface area contributed by atoms with E-state index in [-0.39, 0.29) is 12.0 Å². The third-order valence-electron chi connectivity index (χ3n) is 14.9. The van der Waals surface area contributed by atoms with Crippen LogP contribution in [0.15, 0.2) is 133 Å². The summed E-state index contributed by atoms with van der Waals surface area (Å²) in [4.78, 5) is 5.50. The molecule has 0 amide bonds. The molecule has 63 heavy (non-hydrogen) atoms. The summed E-state index contributed by atoms with van der Waals surface area (Å²) in [5, 5.41) is 2.16. The molecule has 8 aromatic rings. The van der Waals surface area contributed by atoms with Gasteiger partial charge in [0.25, 0.3) is 0 Å². The molecule has 2 aliphatic heterocycles. The van der Waals surface area contributed by atoms with Crippen LogP contribution >= 0.6 is 0 Å². The molecule has 0 saturated heterocycles. The van der Waals surface area contributed by atoms with Crippen LogP contribution in [0.25, 0.3) is 72.7 Å². The normalized spacial score (nSPS) is 17.5. The number of hydrogen-bond donors (Lipinski definition) is 0.